The summed E-state index contributed by atoms with van der Waals surface area (Å²) in [6, 6.07) is 7.92. The third kappa shape index (κ3) is 3.05. The van der Waals surface area contributed by atoms with E-state index in [0.29, 0.717) is 22.2 Å². The first-order valence-corrected chi connectivity index (χ1v) is 9.64. The quantitative estimate of drug-likeness (QED) is 0.698. The topological polar surface area (TPSA) is 68.0 Å². The Kier molecular flexibility index (Phi) is 4.36. The van der Waals surface area contributed by atoms with Gasteiger partial charge < -0.3 is 11.1 Å². The van der Waals surface area contributed by atoms with Gasteiger partial charge in [0.25, 0.3) is 5.91 Å². The molecule has 0 aliphatic heterocycles. The Bertz CT molecular complexity index is 998. The Balaban J connectivity index is 1.68. The number of pyridine rings is 1. The minimum atomic E-state index is -0.396. The first kappa shape index (κ1) is 17.0. The number of hydrogen-bond donors (Lipinski definition) is 2. The van der Waals surface area contributed by atoms with Gasteiger partial charge in [0.05, 0.1) is 5.69 Å². The Morgan fingerprint density at radius 3 is 3.04 bits per heavy atom. The fraction of sp³-hybridized carbons (Fsp3) is 0.300. The molecule has 0 spiro atoms. The second-order valence-electron chi connectivity index (χ2n) is 6.77. The summed E-state index contributed by atoms with van der Waals surface area (Å²) in [6.07, 6.45) is 4.33. The number of halogens is 1. The summed E-state index contributed by atoms with van der Waals surface area (Å²) < 4.78 is 13.3. The molecule has 2 aromatic heterocycles. The smallest absolute Gasteiger partial charge is 0.267 e. The van der Waals surface area contributed by atoms with Crippen LogP contribution in [0.5, 0.6) is 0 Å². The Morgan fingerprint density at radius 2 is 2.27 bits per heavy atom. The second kappa shape index (κ2) is 6.68. The van der Waals surface area contributed by atoms with Crippen molar-refractivity contribution in [3.8, 4) is 0 Å². The van der Waals surface area contributed by atoms with Gasteiger partial charge in [-0.3, -0.25) is 4.79 Å². The van der Waals surface area contributed by atoms with Gasteiger partial charge in [-0.05, 0) is 55.0 Å². The van der Waals surface area contributed by atoms with Crippen LogP contribution in [0.15, 0.2) is 30.3 Å². The monoisotopic (exact) mass is 369 g/mol. The van der Waals surface area contributed by atoms with Gasteiger partial charge in [0, 0.05) is 16.8 Å². The highest BCUT2D eigenvalue weighted by Crippen LogP contribution is 2.37. The lowest BCUT2D eigenvalue weighted by Gasteiger charge is -2.22. The zero-order valence-electron chi connectivity index (χ0n) is 14.5. The van der Waals surface area contributed by atoms with E-state index in [1.54, 1.807) is 12.1 Å². The Hall–Kier alpha value is -2.47. The molecule has 0 saturated carbocycles. The van der Waals surface area contributed by atoms with Crippen molar-refractivity contribution in [2.24, 2.45) is 5.92 Å². The van der Waals surface area contributed by atoms with E-state index >= 15 is 0 Å². The van der Waals surface area contributed by atoms with Gasteiger partial charge in [0.1, 0.15) is 15.5 Å². The summed E-state index contributed by atoms with van der Waals surface area (Å²) in [5, 5.41) is 3.55. The number of amides is 1. The molecule has 6 heteroatoms. The maximum Gasteiger partial charge on any atom is 0.267 e. The number of fused-ring (bicyclic) bond motifs is 2. The summed E-state index contributed by atoms with van der Waals surface area (Å²) in [4.78, 5) is 18.6. The number of anilines is 2. The molecule has 2 heterocycles. The van der Waals surface area contributed by atoms with Crippen LogP contribution in [0.25, 0.3) is 10.2 Å². The molecular formula is C20H20FN3OS. The van der Waals surface area contributed by atoms with E-state index in [1.807, 2.05) is 0 Å². The molecule has 0 saturated heterocycles. The Morgan fingerprint density at radius 1 is 1.42 bits per heavy atom. The van der Waals surface area contributed by atoms with Crippen LogP contribution in [0.3, 0.4) is 0 Å². The van der Waals surface area contributed by atoms with Crippen molar-refractivity contribution in [3.05, 3.63) is 52.3 Å². The highest BCUT2D eigenvalue weighted by molar-refractivity contribution is 7.21. The van der Waals surface area contributed by atoms with Crippen LogP contribution in [-0.2, 0) is 12.8 Å². The third-order valence-corrected chi connectivity index (χ3v) is 6.17. The number of rotatable bonds is 3. The van der Waals surface area contributed by atoms with Crippen molar-refractivity contribution >= 4 is 38.8 Å². The number of thiophene rings is 1. The van der Waals surface area contributed by atoms with Crippen molar-refractivity contribution in [1.82, 2.24) is 4.98 Å². The fourth-order valence-corrected chi connectivity index (χ4v) is 4.53. The van der Waals surface area contributed by atoms with E-state index < -0.39 is 5.82 Å². The molecule has 0 radical (unpaired) electrons. The summed E-state index contributed by atoms with van der Waals surface area (Å²) in [5.41, 5.74) is 9.49. The minimum Gasteiger partial charge on any atom is -0.397 e. The van der Waals surface area contributed by atoms with Crippen molar-refractivity contribution in [2.45, 2.75) is 32.6 Å². The van der Waals surface area contributed by atoms with Gasteiger partial charge in [0.15, 0.2) is 0 Å². The van der Waals surface area contributed by atoms with Crippen molar-refractivity contribution in [1.29, 1.82) is 0 Å². The molecule has 4 nitrogen and oxygen atoms in total. The number of nitrogens with two attached hydrogens (primary N) is 1. The Labute approximate surface area is 155 Å². The van der Waals surface area contributed by atoms with E-state index in [1.165, 1.54) is 29.0 Å². The number of carbonyl (C=O) groups excluding carboxylic acids is 1. The average molecular weight is 369 g/mol. The molecule has 3 N–H and O–H groups in total. The summed E-state index contributed by atoms with van der Waals surface area (Å²) in [5.74, 6) is -0.0372. The van der Waals surface area contributed by atoms with E-state index in [2.05, 4.69) is 18.3 Å². The zero-order chi connectivity index (χ0) is 18.3. The van der Waals surface area contributed by atoms with Gasteiger partial charge >= 0.3 is 0 Å². The molecule has 134 valence electrons. The predicted octanol–water partition coefficient (Wildman–Crippen LogP) is 4.78. The fourth-order valence-electron chi connectivity index (χ4n) is 3.54. The van der Waals surface area contributed by atoms with Crippen LogP contribution in [0, 0.1) is 11.7 Å². The maximum absolute atomic E-state index is 13.3. The first-order valence-electron chi connectivity index (χ1n) is 8.82. The molecule has 0 bridgehead atoms. The van der Waals surface area contributed by atoms with Crippen molar-refractivity contribution < 1.29 is 9.18 Å². The standard InChI is InChI=1S/C20H20FN3OS/c1-2-11-6-7-16-12(8-11)9-15-17(22)18(26-20(15)24-16)19(25)23-14-5-3-4-13(21)10-14/h3-5,9-11H,2,6-8,22H2,1H3,(H,23,25). The van der Waals surface area contributed by atoms with Crippen LogP contribution >= 0.6 is 11.3 Å². The number of aromatic nitrogens is 1. The highest BCUT2D eigenvalue weighted by atomic mass is 32.1. The largest absolute Gasteiger partial charge is 0.397 e. The molecule has 3 aromatic rings. The lowest BCUT2D eigenvalue weighted by Crippen LogP contribution is -2.14. The van der Waals surface area contributed by atoms with E-state index in [4.69, 9.17) is 10.7 Å². The van der Waals surface area contributed by atoms with E-state index in [0.717, 1.165) is 41.6 Å². The van der Waals surface area contributed by atoms with Crippen molar-refractivity contribution in [3.63, 3.8) is 0 Å². The lowest BCUT2D eigenvalue weighted by molar-refractivity contribution is 0.103. The molecule has 1 aromatic carbocycles. The number of aryl methyl sites for hydroxylation is 1. The molecule has 1 amide bonds. The summed E-state index contributed by atoms with van der Waals surface area (Å²) >= 11 is 1.29. The van der Waals surface area contributed by atoms with E-state index in [-0.39, 0.29) is 5.91 Å². The zero-order valence-corrected chi connectivity index (χ0v) is 15.3. The molecule has 4 rings (SSSR count). The van der Waals surface area contributed by atoms with Gasteiger partial charge in [-0.15, -0.1) is 11.3 Å². The highest BCUT2D eigenvalue weighted by Gasteiger charge is 2.23. The number of benzene rings is 1. The van der Waals surface area contributed by atoms with Crippen molar-refractivity contribution in [2.75, 3.05) is 11.1 Å². The van der Waals surface area contributed by atoms with Gasteiger partial charge in [0.2, 0.25) is 0 Å². The molecule has 26 heavy (non-hydrogen) atoms. The average Bonchev–Trinajstić information content (AvgIpc) is 2.95. The molecule has 1 atom stereocenters. The first-order chi connectivity index (χ1) is 12.5. The van der Waals surface area contributed by atoms with E-state index in [9.17, 15) is 9.18 Å². The van der Waals surface area contributed by atoms with Crippen LogP contribution in [0.2, 0.25) is 0 Å². The normalized spacial score (nSPS) is 16.5. The molecule has 0 fully saturated rings. The van der Waals surface area contributed by atoms with Crippen LogP contribution in [-0.4, -0.2) is 10.9 Å². The summed E-state index contributed by atoms with van der Waals surface area (Å²) in [6.45, 7) is 2.22. The van der Waals surface area contributed by atoms with Crippen LogP contribution < -0.4 is 11.1 Å². The number of nitrogens with one attached hydrogen (secondary N) is 1. The maximum atomic E-state index is 13.3. The SMILES string of the molecule is CCC1CCc2nc3sc(C(=O)Nc4cccc(F)c4)c(N)c3cc2C1. The molecule has 1 aliphatic rings. The van der Waals surface area contributed by atoms with Gasteiger partial charge in [-0.25, -0.2) is 9.37 Å². The van der Waals surface area contributed by atoms with Gasteiger partial charge in [-0.1, -0.05) is 19.4 Å². The molecular weight excluding hydrogens is 349 g/mol. The predicted molar refractivity (Wildman–Crippen MR) is 104 cm³/mol. The second-order valence-corrected chi connectivity index (χ2v) is 7.77. The number of nitrogen functional groups attached to an aromatic ring is 1. The number of hydrogen-bond acceptors (Lipinski definition) is 4. The minimum absolute atomic E-state index is 0.333. The molecule has 1 aliphatic carbocycles. The molecule has 1 unspecified atom stereocenters. The van der Waals surface area contributed by atoms with Crippen LogP contribution in [0.1, 0.15) is 40.7 Å². The lowest BCUT2D eigenvalue weighted by atomic mass is 9.85. The van der Waals surface area contributed by atoms with Gasteiger partial charge in [-0.2, -0.15) is 0 Å². The summed E-state index contributed by atoms with van der Waals surface area (Å²) in [7, 11) is 0. The third-order valence-electron chi connectivity index (χ3n) is 5.05. The van der Waals surface area contributed by atoms with Crippen LogP contribution in [0.4, 0.5) is 15.8 Å². The number of nitrogens with zero attached hydrogens (tertiary/aromatic N) is 1. The number of carbonyl (C=O) groups is 1.